The highest BCUT2D eigenvalue weighted by molar-refractivity contribution is 9.10. The number of benzene rings is 1. The largest absolute Gasteiger partial charge is 0.493 e. The molecule has 5 heteroatoms. The van der Waals surface area contributed by atoms with Gasteiger partial charge in [-0.3, -0.25) is 0 Å². The van der Waals surface area contributed by atoms with Gasteiger partial charge >= 0.3 is 5.97 Å². The highest BCUT2D eigenvalue weighted by Gasteiger charge is 2.21. The summed E-state index contributed by atoms with van der Waals surface area (Å²) in [6.45, 7) is 2.38. The van der Waals surface area contributed by atoms with Crippen molar-refractivity contribution >= 4 is 21.9 Å². The zero-order chi connectivity index (χ0) is 12.1. The fraction of sp³-hybridized carbons (Fsp3) is 0.364. The normalized spacial score (nSPS) is 12.0. The standard InChI is InChI=1S/C11H12BrFO3/c1-3-16-9-5-4-7(6-8(9)12)10(13)11(14)15-2/h4-6,10H,3H2,1-2H3. The molecule has 16 heavy (non-hydrogen) atoms. The van der Waals surface area contributed by atoms with Crippen LogP contribution in [-0.4, -0.2) is 19.7 Å². The number of hydrogen-bond acceptors (Lipinski definition) is 3. The summed E-state index contributed by atoms with van der Waals surface area (Å²) in [5.41, 5.74) is 0.238. The van der Waals surface area contributed by atoms with Crippen LogP contribution < -0.4 is 4.74 Å². The molecule has 0 aliphatic carbocycles. The molecule has 88 valence electrons. The number of hydrogen-bond donors (Lipinski definition) is 0. The van der Waals surface area contributed by atoms with Gasteiger partial charge in [0.15, 0.2) is 0 Å². The topological polar surface area (TPSA) is 35.5 Å². The molecule has 1 rings (SSSR count). The van der Waals surface area contributed by atoms with Crippen LogP contribution in [0.2, 0.25) is 0 Å². The van der Waals surface area contributed by atoms with Crippen molar-refractivity contribution in [3.8, 4) is 5.75 Å². The van der Waals surface area contributed by atoms with Crippen LogP contribution >= 0.6 is 15.9 Å². The molecular formula is C11H12BrFO3. The number of carbonyl (C=O) groups excluding carboxylic acids is 1. The average Bonchev–Trinajstić information content (AvgIpc) is 2.30. The molecule has 0 aliphatic rings. The van der Waals surface area contributed by atoms with Gasteiger partial charge in [-0.2, -0.15) is 0 Å². The summed E-state index contributed by atoms with van der Waals surface area (Å²) in [7, 11) is 1.15. The van der Waals surface area contributed by atoms with Crippen LogP contribution in [0.5, 0.6) is 5.75 Å². The molecule has 3 nitrogen and oxygen atoms in total. The van der Waals surface area contributed by atoms with E-state index >= 15 is 0 Å². The van der Waals surface area contributed by atoms with Gasteiger partial charge in [-0.25, -0.2) is 9.18 Å². The van der Waals surface area contributed by atoms with Crippen LogP contribution in [0.4, 0.5) is 4.39 Å². The molecular weight excluding hydrogens is 279 g/mol. The minimum atomic E-state index is -1.77. The number of rotatable bonds is 4. The first-order chi connectivity index (χ1) is 7.60. The van der Waals surface area contributed by atoms with E-state index in [1.807, 2.05) is 6.92 Å². The van der Waals surface area contributed by atoms with Crippen molar-refractivity contribution < 1.29 is 18.7 Å². The Morgan fingerprint density at radius 2 is 2.25 bits per heavy atom. The van der Waals surface area contributed by atoms with Crippen LogP contribution in [0, 0.1) is 0 Å². The first kappa shape index (κ1) is 13.0. The summed E-state index contributed by atoms with van der Waals surface area (Å²) >= 11 is 3.24. The Balaban J connectivity index is 2.92. The second kappa shape index (κ2) is 5.84. The number of ether oxygens (including phenoxy) is 2. The van der Waals surface area contributed by atoms with Crippen molar-refractivity contribution in [2.45, 2.75) is 13.1 Å². The fourth-order valence-corrected chi connectivity index (χ4v) is 1.70. The average molecular weight is 291 g/mol. The van der Waals surface area contributed by atoms with E-state index in [9.17, 15) is 9.18 Å². The van der Waals surface area contributed by atoms with Gasteiger partial charge in [0.2, 0.25) is 6.17 Å². The van der Waals surface area contributed by atoms with E-state index in [1.165, 1.54) is 12.1 Å². The van der Waals surface area contributed by atoms with Crippen LogP contribution in [0.1, 0.15) is 18.7 Å². The zero-order valence-corrected chi connectivity index (χ0v) is 10.6. The van der Waals surface area contributed by atoms with Gasteiger partial charge in [0.1, 0.15) is 5.75 Å². The predicted molar refractivity (Wildman–Crippen MR) is 61.2 cm³/mol. The summed E-state index contributed by atoms with van der Waals surface area (Å²) in [5.74, 6) is -0.292. The third kappa shape index (κ3) is 2.95. The van der Waals surface area contributed by atoms with Crippen molar-refractivity contribution in [3.05, 3.63) is 28.2 Å². The molecule has 0 fully saturated rings. The smallest absolute Gasteiger partial charge is 0.345 e. The molecule has 1 aromatic rings. The predicted octanol–water partition coefficient (Wildman–Crippen LogP) is 3.03. The van der Waals surface area contributed by atoms with Crippen molar-refractivity contribution in [1.82, 2.24) is 0 Å². The second-order valence-electron chi connectivity index (χ2n) is 3.01. The molecule has 0 aromatic heterocycles. The first-order valence-corrected chi connectivity index (χ1v) is 5.53. The van der Waals surface area contributed by atoms with Crippen LogP contribution in [0.15, 0.2) is 22.7 Å². The Labute approximate surface area is 102 Å². The SMILES string of the molecule is CCOc1ccc(C(F)C(=O)OC)cc1Br. The van der Waals surface area contributed by atoms with Gasteiger partial charge < -0.3 is 9.47 Å². The number of alkyl halides is 1. The minimum absolute atomic E-state index is 0.238. The van der Waals surface area contributed by atoms with Gasteiger partial charge in [0, 0.05) is 0 Å². The van der Waals surface area contributed by atoms with Crippen LogP contribution in [0.25, 0.3) is 0 Å². The fourth-order valence-electron chi connectivity index (χ4n) is 1.19. The third-order valence-electron chi connectivity index (χ3n) is 1.96. The molecule has 1 atom stereocenters. The van der Waals surface area contributed by atoms with Crippen LogP contribution in [0.3, 0.4) is 0 Å². The summed E-state index contributed by atoms with van der Waals surface area (Å²) in [6.07, 6.45) is -1.77. The quantitative estimate of drug-likeness (QED) is 0.800. The van der Waals surface area contributed by atoms with Gasteiger partial charge in [-0.05, 0) is 40.5 Å². The first-order valence-electron chi connectivity index (χ1n) is 4.74. The zero-order valence-electron chi connectivity index (χ0n) is 9.00. The molecule has 0 radical (unpaired) electrons. The number of methoxy groups -OCH3 is 1. The number of halogens is 2. The van der Waals surface area contributed by atoms with E-state index in [-0.39, 0.29) is 5.56 Å². The highest BCUT2D eigenvalue weighted by atomic mass is 79.9. The summed E-state index contributed by atoms with van der Waals surface area (Å²) < 4.78 is 23.7. The molecule has 0 spiro atoms. The second-order valence-corrected chi connectivity index (χ2v) is 3.86. The monoisotopic (exact) mass is 290 g/mol. The lowest BCUT2D eigenvalue weighted by Gasteiger charge is -2.10. The Bertz CT molecular complexity index is 381. The van der Waals surface area contributed by atoms with E-state index < -0.39 is 12.1 Å². The van der Waals surface area contributed by atoms with Crippen molar-refractivity contribution in [2.24, 2.45) is 0 Å². The van der Waals surface area contributed by atoms with E-state index in [0.717, 1.165) is 7.11 Å². The van der Waals surface area contributed by atoms with Crippen molar-refractivity contribution in [3.63, 3.8) is 0 Å². The lowest BCUT2D eigenvalue weighted by atomic mass is 10.1. The molecule has 0 N–H and O–H groups in total. The maximum absolute atomic E-state index is 13.5. The molecule has 1 unspecified atom stereocenters. The Morgan fingerprint density at radius 1 is 1.56 bits per heavy atom. The third-order valence-corrected chi connectivity index (χ3v) is 2.58. The molecule has 0 heterocycles. The van der Waals surface area contributed by atoms with Gasteiger partial charge in [0.05, 0.1) is 18.2 Å². The maximum Gasteiger partial charge on any atom is 0.345 e. The van der Waals surface area contributed by atoms with Crippen LogP contribution in [-0.2, 0) is 9.53 Å². The van der Waals surface area contributed by atoms with Gasteiger partial charge in [0.25, 0.3) is 0 Å². The molecule has 0 bridgehead atoms. The van der Waals surface area contributed by atoms with Gasteiger partial charge in [-0.15, -0.1) is 0 Å². The molecule has 1 aromatic carbocycles. The van der Waals surface area contributed by atoms with E-state index in [0.29, 0.717) is 16.8 Å². The van der Waals surface area contributed by atoms with E-state index in [2.05, 4.69) is 20.7 Å². The Morgan fingerprint density at radius 3 is 2.75 bits per heavy atom. The molecule has 0 amide bonds. The lowest BCUT2D eigenvalue weighted by molar-refractivity contribution is -0.146. The molecule has 0 aliphatic heterocycles. The molecule has 0 saturated carbocycles. The Kier molecular flexibility index (Phi) is 4.73. The minimum Gasteiger partial charge on any atom is -0.493 e. The van der Waals surface area contributed by atoms with Crippen molar-refractivity contribution in [1.29, 1.82) is 0 Å². The van der Waals surface area contributed by atoms with Gasteiger partial charge in [-0.1, -0.05) is 6.07 Å². The lowest BCUT2D eigenvalue weighted by Crippen LogP contribution is -2.09. The number of esters is 1. The maximum atomic E-state index is 13.5. The summed E-state index contributed by atoms with van der Waals surface area (Å²) in [4.78, 5) is 11.0. The summed E-state index contributed by atoms with van der Waals surface area (Å²) in [5, 5.41) is 0. The molecule has 0 saturated heterocycles. The highest BCUT2D eigenvalue weighted by Crippen LogP contribution is 2.30. The Hall–Kier alpha value is -1.10. The number of carbonyl (C=O) groups is 1. The van der Waals surface area contributed by atoms with E-state index in [1.54, 1.807) is 6.07 Å². The summed E-state index contributed by atoms with van der Waals surface area (Å²) in [6, 6.07) is 4.61. The van der Waals surface area contributed by atoms with E-state index in [4.69, 9.17) is 4.74 Å². The van der Waals surface area contributed by atoms with Crippen molar-refractivity contribution in [2.75, 3.05) is 13.7 Å².